The summed E-state index contributed by atoms with van der Waals surface area (Å²) < 4.78 is 5.03. The van der Waals surface area contributed by atoms with E-state index in [0.717, 1.165) is 38.5 Å². The maximum Gasteiger partial charge on any atom is 0.222 e. The van der Waals surface area contributed by atoms with Crippen LogP contribution in [-0.2, 0) is 22.6 Å². The lowest BCUT2D eigenvalue weighted by Crippen LogP contribution is -2.37. The molecule has 0 unspecified atom stereocenters. The fourth-order valence-electron chi connectivity index (χ4n) is 2.76. The van der Waals surface area contributed by atoms with E-state index < -0.39 is 0 Å². The van der Waals surface area contributed by atoms with Gasteiger partial charge in [-0.15, -0.1) is 24.0 Å². The van der Waals surface area contributed by atoms with Gasteiger partial charge in [-0.2, -0.15) is 0 Å². The van der Waals surface area contributed by atoms with Crippen LogP contribution in [0.1, 0.15) is 30.4 Å². The number of hydrogen-bond acceptors (Lipinski definition) is 3. The van der Waals surface area contributed by atoms with E-state index in [-0.39, 0.29) is 29.9 Å². The van der Waals surface area contributed by atoms with E-state index in [1.165, 1.54) is 11.1 Å². The van der Waals surface area contributed by atoms with Gasteiger partial charge in [0, 0.05) is 53.4 Å². The van der Waals surface area contributed by atoms with Crippen LogP contribution in [-0.4, -0.2) is 50.6 Å². The van der Waals surface area contributed by atoms with Gasteiger partial charge in [0.25, 0.3) is 0 Å². The number of halogens is 1. The summed E-state index contributed by atoms with van der Waals surface area (Å²) in [5.41, 5.74) is 2.35. The maximum absolute atomic E-state index is 11.7. The summed E-state index contributed by atoms with van der Waals surface area (Å²) in [4.78, 5) is 17.9. The van der Waals surface area contributed by atoms with Crippen molar-refractivity contribution in [1.29, 1.82) is 0 Å². The second-order valence-corrected chi connectivity index (χ2v) is 5.94. The molecule has 0 aliphatic carbocycles. The first kappa shape index (κ1) is 21.7. The highest BCUT2D eigenvalue weighted by Gasteiger charge is 2.19. The molecule has 1 saturated heterocycles. The third-order valence-electron chi connectivity index (χ3n) is 4.04. The van der Waals surface area contributed by atoms with Gasteiger partial charge < -0.3 is 20.3 Å². The number of aliphatic imine (C=N–C) groups is 1. The minimum absolute atomic E-state index is 0. The van der Waals surface area contributed by atoms with Crippen molar-refractivity contribution >= 4 is 35.8 Å². The third-order valence-corrected chi connectivity index (χ3v) is 4.04. The van der Waals surface area contributed by atoms with Gasteiger partial charge in [0.05, 0.1) is 0 Å². The topological polar surface area (TPSA) is 66.0 Å². The second-order valence-electron chi connectivity index (χ2n) is 5.94. The summed E-state index contributed by atoms with van der Waals surface area (Å²) in [6, 6.07) is 8.35. The molecule has 1 amide bonds. The zero-order valence-electron chi connectivity index (χ0n) is 15.1. The molecule has 1 aromatic rings. The number of carbonyl (C=O) groups is 1. The lowest BCUT2D eigenvalue weighted by atomic mass is 10.1. The van der Waals surface area contributed by atoms with Crippen molar-refractivity contribution in [3.63, 3.8) is 0 Å². The van der Waals surface area contributed by atoms with Crippen molar-refractivity contribution in [3.8, 4) is 0 Å². The van der Waals surface area contributed by atoms with Gasteiger partial charge in [0.2, 0.25) is 5.91 Å². The van der Waals surface area contributed by atoms with Crippen LogP contribution in [0.2, 0.25) is 0 Å². The van der Waals surface area contributed by atoms with Crippen molar-refractivity contribution in [3.05, 3.63) is 35.4 Å². The minimum atomic E-state index is 0. The number of rotatable bonds is 8. The Morgan fingerprint density at radius 1 is 1.32 bits per heavy atom. The number of nitrogens with one attached hydrogen (secondary N) is 2. The third kappa shape index (κ3) is 7.60. The first-order valence-electron chi connectivity index (χ1n) is 8.52. The summed E-state index contributed by atoms with van der Waals surface area (Å²) in [7, 11) is 3.47. The fraction of sp³-hybridized carbons (Fsp3) is 0.556. The van der Waals surface area contributed by atoms with Gasteiger partial charge in [0.15, 0.2) is 5.96 Å². The summed E-state index contributed by atoms with van der Waals surface area (Å²) >= 11 is 0. The van der Waals surface area contributed by atoms with Crippen LogP contribution in [0.25, 0.3) is 0 Å². The molecule has 0 bridgehead atoms. The number of carbonyl (C=O) groups excluding carboxylic acids is 1. The van der Waals surface area contributed by atoms with Crippen molar-refractivity contribution < 1.29 is 9.53 Å². The molecule has 1 heterocycles. The average molecular weight is 460 g/mol. The van der Waals surface area contributed by atoms with Crippen LogP contribution < -0.4 is 10.6 Å². The molecule has 7 heteroatoms. The van der Waals surface area contributed by atoms with Gasteiger partial charge in [-0.25, -0.2) is 0 Å². The van der Waals surface area contributed by atoms with Gasteiger partial charge >= 0.3 is 0 Å². The van der Waals surface area contributed by atoms with E-state index in [2.05, 4.69) is 33.8 Å². The number of benzene rings is 1. The minimum Gasteiger partial charge on any atom is -0.385 e. The van der Waals surface area contributed by atoms with Crippen molar-refractivity contribution in [2.24, 2.45) is 4.99 Å². The van der Waals surface area contributed by atoms with Gasteiger partial charge in [-0.05, 0) is 24.0 Å². The average Bonchev–Trinajstić information content (AvgIpc) is 2.99. The molecular weight excluding hydrogens is 431 g/mol. The molecule has 1 aliphatic heterocycles. The molecule has 0 aromatic heterocycles. The molecule has 6 nitrogen and oxygen atoms in total. The van der Waals surface area contributed by atoms with E-state index in [4.69, 9.17) is 4.74 Å². The summed E-state index contributed by atoms with van der Waals surface area (Å²) in [6.07, 6.45) is 2.61. The van der Waals surface area contributed by atoms with Gasteiger partial charge in [-0.3, -0.25) is 9.79 Å². The lowest BCUT2D eigenvalue weighted by Gasteiger charge is -2.16. The SMILES string of the molecule is CN=C(NCCCOC)NCc1cccc(CN2CCCC2=O)c1.I. The van der Waals surface area contributed by atoms with Crippen molar-refractivity contribution in [2.45, 2.75) is 32.4 Å². The van der Waals surface area contributed by atoms with Crippen LogP contribution in [0, 0.1) is 0 Å². The van der Waals surface area contributed by atoms with Gasteiger partial charge in [0.1, 0.15) is 0 Å². The fourth-order valence-corrected chi connectivity index (χ4v) is 2.76. The van der Waals surface area contributed by atoms with Gasteiger partial charge in [-0.1, -0.05) is 24.3 Å². The number of methoxy groups -OCH3 is 1. The Hall–Kier alpha value is -1.35. The molecular formula is C18H29IN4O2. The number of likely N-dealkylation sites (tertiary alicyclic amines) is 1. The van der Waals surface area contributed by atoms with E-state index in [0.29, 0.717) is 19.5 Å². The summed E-state index contributed by atoms with van der Waals surface area (Å²) in [5, 5.41) is 6.57. The van der Waals surface area contributed by atoms with Crippen LogP contribution in [0.5, 0.6) is 0 Å². The number of hydrogen-bond donors (Lipinski definition) is 2. The van der Waals surface area contributed by atoms with Crippen LogP contribution in [0.3, 0.4) is 0 Å². The highest BCUT2D eigenvalue weighted by atomic mass is 127. The molecule has 2 rings (SSSR count). The Labute approximate surface area is 167 Å². The molecule has 140 valence electrons. The molecule has 0 spiro atoms. The van der Waals surface area contributed by atoms with Crippen molar-refractivity contribution in [1.82, 2.24) is 15.5 Å². The van der Waals surface area contributed by atoms with Crippen LogP contribution in [0.4, 0.5) is 0 Å². The Balaban J connectivity index is 0.00000312. The zero-order chi connectivity index (χ0) is 17.2. The molecule has 0 radical (unpaired) electrons. The van der Waals surface area contributed by atoms with Crippen LogP contribution >= 0.6 is 24.0 Å². The van der Waals surface area contributed by atoms with Crippen molar-refractivity contribution in [2.75, 3.05) is 33.9 Å². The smallest absolute Gasteiger partial charge is 0.222 e. The first-order valence-corrected chi connectivity index (χ1v) is 8.52. The molecule has 2 N–H and O–H groups in total. The van der Waals surface area contributed by atoms with E-state index in [1.807, 2.05) is 11.0 Å². The Morgan fingerprint density at radius 3 is 2.80 bits per heavy atom. The normalized spacial score (nSPS) is 14.4. The Morgan fingerprint density at radius 2 is 2.12 bits per heavy atom. The van der Waals surface area contributed by atoms with E-state index in [1.54, 1.807) is 14.2 Å². The summed E-state index contributed by atoms with van der Waals surface area (Å²) in [6.45, 7) is 3.84. The quantitative estimate of drug-likeness (QED) is 0.270. The second kappa shape index (κ2) is 12.1. The highest BCUT2D eigenvalue weighted by Crippen LogP contribution is 2.15. The molecule has 1 aromatic carbocycles. The Bertz CT molecular complexity index is 566. The number of ether oxygens (including phenoxy) is 1. The largest absolute Gasteiger partial charge is 0.385 e. The number of guanidine groups is 1. The van der Waals surface area contributed by atoms with E-state index in [9.17, 15) is 4.79 Å². The number of nitrogens with zero attached hydrogens (tertiary/aromatic N) is 2. The molecule has 0 atom stereocenters. The molecule has 1 fully saturated rings. The molecule has 0 saturated carbocycles. The van der Waals surface area contributed by atoms with E-state index >= 15 is 0 Å². The monoisotopic (exact) mass is 460 g/mol. The standard InChI is InChI=1S/C18H28N4O2.HI/c1-19-18(20-9-5-11-24-2)21-13-15-6-3-7-16(12-15)14-22-10-4-8-17(22)23;/h3,6-7,12H,4-5,8-11,13-14H2,1-2H3,(H2,19,20,21);1H. The lowest BCUT2D eigenvalue weighted by molar-refractivity contribution is -0.128. The predicted molar refractivity (Wildman–Crippen MR) is 111 cm³/mol. The predicted octanol–water partition coefficient (Wildman–Crippen LogP) is 2.13. The maximum atomic E-state index is 11.7. The Kier molecular flexibility index (Phi) is 10.5. The number of amides is 1. The highest BCUT2D eigenvalue weighted by molar-refractivity contribution is 14.0. The molecule has 25 heavy (non-hydrogen) atoms. The zero-order valence-corrected chi connectivity index (χ0v) is 17.4. The molecule has 1 aliphatic rings. The summed E-state index contributed by atoms with van der Waals surface area (Å²) in [5.74, 6) is 1.05. The first-order chi connectivity index (χ1) is 11.7. The van der Waals surface area contributed by atoms with Crippen LogP contribution in [0.15, 0.2) is 29.3 Å².